The van der Waals surface area contributed by atoms with Crippen molar-refractivity contribution in [2.45, 2.75) is 13.0 Å². The molecule has 0 spiro atoms. The fraction of sp³-hybridized carbons (Fsp3) is 0.133. The number of nitrogens with two attached hydrogens (primary N) is 1. The van der Waals surface area contributed by atoms with Gasteiger partial charge in [-0.15, -0.1) is 0 Å². The molecule has 2 aromatic carbocycles. The molecule has 0 unspecified atom stereocenters. The molecule has 0 saturated carbocycles. The number of nitrogens with one attached hydrogen (secondary N) is 1. The molecule has 2 aromatic rings. The van der Waals surface area contributed by atoms with Gasteiger partial charge in [0.15, 0.2) is 0 Å². The molecule has 0 aliphatic rings. The zero-order chi connectivity index (χ0) is 15.2. The van der Waals surface area contributed by atoms with Crippen molar-refractivity contribution in [2.75, 3.05) is 0 Å². The van der Waals surface area contributed by atoms with Gasteiger partial charge in [0.1, 0.15) is 18.2 Å². The van der Waals surface area contributed by atoms with Crippen LogP contribution in [0.3, 0.4) is 0 Å². The highest BCUT2D eigenvalue weighted by Crippen LogP contribution is 2.22. The fourth-order valence-electron chi connectivity index (χ4n) is 1.72. The predicted octanol–water partition coefficient (Wildman–Crippen LogP) is 2.70. The Kier molecular flexibility index (Phi) is 5.30. The number of hydrogen-bond acceptors (Lipinski definition) is 3. The molecule has 0 bridgehead atoms. The Bertz CT molecular complexity index is 632. The zero-order valence-corrected chi connectivity index (χ0v) is 12.7. The van der Waals surface area contributed by atoms with Gasteiger partial charge in [0.05, 0.1) is 10.9 Å². The molecule has 2 rings (SSSR count). The number of carbonyl (C=O) groups excluding carboxylic acids is 1. The molecule has 21 heavy (non-hydrogen) atoms. The summed E-state index contributed by atoms with van der Waals surface area (Å²) in [6, 6.07) is 11.9. The number of carbonyl (C=O) groups is 1. The van der Waals surface area contributed by atoms with Gasteiger partial charge in [0, 0.05) is 0 Å². The first-order chi connectivity index (χ1) is 10.1. The first-order valence-corrected chi connectivity index (χ1v) is 7.03. The van der Waals surface area contributed by atoms with E-state index in [0.717, 1.165) is 11.1 Å². The highest BCUT2D eigenvalue weighted by Gasteiger charge is 2.03. The van der Waals surface area contributed by atoms with Gasteiger partial charge in [-0.2, -0.15) is 0 Å². The Hall–Kier alpha value is -1.92. The number of ether oxygens (including phenoxy) is 1. The average Bonchev–Trinajstić information content (AvgIpc) is 2.50. The molecule has 110 valence electrons. The van der Waals surface area contributed by atoms with Crippen molar-refractivity contribution >= 4 is 21.8 Å². The highest BCUT2D eigenvalue weighted by molar-refractivity contribution is 9.10. The van der Waals surface area contributed by atoms with E-state index >= 15 is 0 Å². The molecule has 6 heteroatoms. The molecule has 0 aromatic heterocycles. The largest absolute Gasteiger partial charge is 0.489 e. The Morgan fingerprint density at radius 2 is 1.86 bits per heavy atom. The van der Waals surface area contributed by atoms with Crippen LogP contribution in [0.1, 0.15) is 11.1 Å². The van der Waals surface area contributed by atoms with Gasteiger partial charge in [0.2, 0.25) is 5.91 Å². The van der Waals surface area contributed by atoms with E-state index in [1.165, 1.54) is 6.07 Å². The molecule has 0 aliphatic carbocycles. The highest BCUT2D eigenvalue weighted by atomic mass is 79.9. The van der Waals surface area contributed by atoms with Gasteiger partial charge < -0.3 is 4.74 Å². The van der Waals surface area contributed by atoms with Crippen LogP contribution in [0.2, 0.25) is 0 Å². The molecule has 4 nitrogen and oxygen atoms in total. The van der Waals surface area contributed by atoms with Crippen molar-refractivity contribution in [1.29, 1.82) is 0 Å². The molecule has 1 amide bonds. The third-order valence-corrected chi connectivity index (χ3v) is 3.45. The lowest BCUT2D eigenvalue weighted by molar-refractivity contribution is -0.120. The van der Waals surface area contributed by atoms with Crippen LogP contribution in [0, 0.1) is 5.82 Å². The smallest absolute Gasteiger partial charge is 0.238 e. The average molecular weight is 353 g/mol. The van der Waals surface area contributed by atoms with E-state index in [1.807, 2.05) is 24.3 Å². The van der Waals surface area contributed by atoms with E-state index in [0.29, 0.717) is 16.8 Å². The summed E-state index contributed by atoms with van der Waals surface area (Å²) in [6.45, 7) is 0.363. The number of hydrogen-bond donors (Lipinski definition) is 2. The number of hydrazine groups is 1. The minimum Gasteiger partial charge on any atom is -0.489 e. The summed E-state index contributed by atoms with van der Waals surface area (Å²) in [5.74, 6) is 5.04. The standard InChI is InChI=1S/C15H14BrFN2O2/c16-13-8-12(5-6-14(13)17)21-9-11-3-1-10(2-4-11)7-15(20)19-18/h1-6,8H,7,9,18H2,(H,19,20). The lowest BCUT2D eigenvalue weighted by atomic mass is 10.1. The predicted molar refractivity (Wildman–Crippen MR) is 80.9 cm³/mol. The van der Waals surface area contributed by atoms with Crippen LogP contribution in [0.4, 0.5) is 4.39 Å². The summed E-state index contributed by atoms with van der Waals surface area (Å²) in [7, 11) is 0. The van der Waals surface area contributed by atoms with Crippen LogP contribution >= 0.6 is 15.9 Å². The SMILES string of the molecule is NNC(=O)Cc1ccc(COc2ccc(F)c(Br)c2)cc1. The third kappa shape index (κ3) is 4.54. The molecule has 0 fully saturated rings. The molecule has 0 radical (unpaired) electrons. The summed E-state index contributed by atoms with van der Waals surface area (Å²) in [5.41, 5.74) is 3.90. The van der Waals surface area contributed by atoms with E-state index in [1.54, 1.807) is 12.1 Å². The number of halogens is 2. The summed E-state index contributed by atoms with van der Waals surface area (Å²) in [4.78, 5) is 11.1. The van der Waals surface area contributed by atoms with E-state index in [9.17, 15) is 9.18 Å². The fourth-order valence-corrected chi connectivity index (χ4v) is 2.08. The second-order valence-corrected chi connectivity index (χ2v) is 5.28. The molecular formula is C15H14BrFN2O2. The Morgan fingerprint density at radius 3 is 2.48 bits per heavy atom. The number of rotatable bonds is 5. The zero-order valence-electron chi connectivity index (χ0n) is 11.1. The summed E-state index contributed by atoms with van der Waals surface area (Å²) in [6.07, 6.45) is 0.239. The van der Waals surface area contributed by atoms with Gasteiger partial charge in [-0.1, -0.05) is 24.3 Å². The van der Waals surface area contributed by atoms with Gasteiger partial charge in [0.25, 0.3) is 0 Å². The lowest BCUT2D eigenvalue weighted by Crippen LogP contribution is -2.31. The first kappa shape index (κ1) is 15.5. The normalized spacial score (nSPS) is 10.2. The van der Waals surface area contributed by atoms with E-state index in [2.05, 4.69) is 21.4 Å². The number of benzene rings is 2. The first-order valence-electron chi connectivity index (χ1n) is 6.23. The summed E-state index contributed by atoms with van der Waals surface area (Å²) in [5, 5.41) is 0. The Labute approximate surface area is 130 Å². The maximum atomic E-state index is 13.1. The van der Waals surface area contributed by atoms with Crippen LogP contribution in [0.5, 0.6) is 5.75 Å². The molecule has 3 N–H and O–H groups in total. The van der Waals surface area contributed by atoms with Gasteiger partial charge in [-0.25, -0.2) is 10.2 Å². The second-order valence-electron chi connectivity index (χ2n) is 4.43. The third-order valence-electron chi connectivity index (χ3n) is 2.85. The minimum atomic E-state index is -0.329. The molecule has 0 heterocycles. The van der Waals surface area contributed by atoms with Crippen LogP contribution in [-0.2, 0) is 17.8 Å². The van der Waals surface area contributed by atoms with Crippen LogP contribution in [-0.4, -0.2) is 5.91 Å². The number of amides is 1. The van der Waals surface area contributed by atoms with Gasteiger partial charge >= 0.3 is 0 Å². The summed E-state index contributed by atoms with van der Waals surface area (Å²) < 4.78 is 19.0. The van der Waals surface area contributed by atoms with Crippen LogP contribution in [0.25, 0.3) is 0 Å². The maximum Gasteiger partial charge on any atom is 0.238 e. The van der Waals surface area contributed by atoms with Crippen LogP contribution in [0.15, 0.2) is 46.9 Å². The monoisotopic (exact) mass is 352 g/mol. The lowest BCUT2D eigenvalue weighted by Gasteiger charge is -2.08. The van der Waals surface area contributed by atoms with Crippen molar-refractivity contribution in [2.24, 2.45) is 5.84 Å². The maximum absolute atomic E-state index is 13.1. The Balaban J connectivity index is 1.94. The van der Waals surface area contributed by atoms with E-state index in [-0.39, 0.29) is 18.1 Å². The van der Waals surface area contributed by atoms with Crippen molar-refractivity contribution in [3.63, 3.8) is 0 Å². The van der Waals surface area contributed by atoms with E-state index in [4.69, 9.17) is 10.6 Å². The molecule has 0 atom stereocenters. The minimum absolute atomic E-state index is 0.239. The molecule has 0 saturated heterocycles. The van der Waals surface area contributed by atoms with Crippen molar-refractivity contribution in [1.82, 2.24) is 5.43 Å². The second kappa shape index (κ2) is 7.19. The van der Waals surface area contributed by atoms with Crippen molar-refractivity contribution in [3.8, 4) is 5.75 Å². The summed E-state index contributed by atoms with van der Waals surface area (Å²) >= 11 is 3.11. The van der Waals surface area contributed by atoms with Crippen LogP contribution < -0.4 is 16.0 Å². The van der Waals surface area contributed by atoms with Crippen molar-refractivity contribution < 1.29 is 13.9 Å². The van der Waals surface area contributed by atoms with Gasteiger partial charge in [-0.3, -0.25) is 10.2 Å². The quantitative estimate of drug-likeness (QED) is 0.494. The molecule has 0 aliphatic heterocycles. The topological polar surface area (TPSA) is 64.3 Å². The van der Waals surface area contributed by atoms with E-state index < -0.39 is 0 Å². The Morgan fingerprint density at radius 1 is 1.19 bits per heavy atom. The molecular weight excluding hydrogens is 339 g/mol. The van der Waals surface area contributed by atoms with Crippen molar-refractivity contribution in [3.05, 3.63) is 63.9 Å². The van der Waals surface area contributed by atoms with Gasteiger partial charge in [-0.05, 0) is 45.3 Å².